The van der Waals surface area contributed by atoms with E-state index in [-0.39, 0.29) is 12.6 Å². The first kappa shape index (κ1) is 13.4. The minimum Gasteiger partial charge on any atom is -0.496 e. The number of benzene rings is 1. The molecule has 1 atom stereocenters. The molecule has 0 amide bonds. The van der Waals surface area contributed by atoms with Gasteiger partial charge in [-0.05, 0) is 49.5 Å². The van der Waals surface area contributed by atoms with Gasteiger partial charge in [-0.1, -0.05) is 19.1 Å². The van der Waals surface area contributed by atoms with Crippen molar-refractivity contribution in [1.29, 1.82) is 0 Å². The normalized spacial score (nSPS) is 17.9. The number of hydrogen-bond donors (Lipinski definition) is 1. The number of aliphatic hydroxyl groups is 1. The quantitative estimate of drug-likeness (QED) is 0.869. The third-order valence-electron chi connectivity index (χ3n) is 3.82. The van der Waals surface area contributed by atoms with Gasteiger partial charge in [0, 0.05) is 0 Å². The average Bonchev–Trinajstić information content (AvgIpc) is 2.93. The van der Waals surface area contributed by atoms with Crippen LogP contribution in [0.1, 0.15) is 36.9 Å². The Morgan fingerprint density at radius 2 is 2.06 bits per heavy atom. The van der Waals surface area contributed by atoms with Crippen LogP contribution in [0.25, 0.3) is 0 Å². The minimum absolute atomic E-state index is 0.142. The van der Waals surface area contributed by atoms with Gasteiger partial charge in [0.25, 0.3) is 0 Å². The van der Waals surface area contributed by atoms with Crippen molar-refractivity contribution in [3.05, 3.63) is 29.3 Å². The summed E-state index contributed by atoms with van der Waals surface area (Å²) in [7, 11) is 1.71. The highest BCUT2D eigenvalue weighted by Gasteiger charge is 2.23. The van der Waals surface area contributed by atoms with Gasteiger partial charge in [0.2, 0.25) is 0 Å². The molecule has 1 N–H and O–H groups in total. The molecule has 0 aromatic heterocycles. The van der Waals surface area contributed by atoms with E-state index in [1.165, 1.54) is 24.0 Å². The minimum atomic E-state index is 0.142. The highest BCUT2D eigenvalue weighted by atomic mass is 16.5. The van der Waals surface area contributed by atoms with Crippen molar-refractivity contribution in [3.8, 4) is 5.75 Å². The van der Waals surface area contributed by atoms with Crippen molar-refractivity contribution in [2.24, 2.45) is 0 Å². The molecule has 1 aromatic rings. The number of methoxy groups -OCH3 is 1. The molecule has 18 heavy (non-hydrogen) atoms. The summed E-state index contributed by atoms with van der Waals surface area (Å²) in [6, 6.07) is 6.42. The smallest absolute Gasteiger partial charge is 0.122 e. The van der Waals surface area contributed by atoms with Crippen molar-refractivity contribution < 1.29 is 9.84 Å². The number of ether oxygens (including phenoxy) is 1. The van der Waals surface area contributed by atoms with E-state index in [0.717, 1.165) is 25.3 Å². The second kappa shape index (κ2) is 6.21. The van der Waals surface area contributed by atoms with Crippen LogP contribution in [0.2, 0.25) is 0 Å². The molecule has 0 bridgehead atoms. The highest BCUT2D eigenvalue weighted by Crippen LogP contribution is 2.28. The molecule has 0 spiro atoms. The van der Waals surface area contributed by atoms with E-state index in [1.54, 1.807) is 7.11 Å². The molecule has 3 heteroatoms. The molecule has 3 nitrogen and oxygen atoms in total. The highest BCUT2D eigenvalue weighted by molar-refractivity contribution is 5.38. The summed E-state index contributed by atoms with van der Waals surface area (Å²) in [5, 5.41) is 9.66. The third-order valence-corrected chi connectivity index (χ3v) is 3.82. The number of hydrogen-bond acceptors (Lipinski definition) is 3. The van der Waals surface area contributed by atoms with Crippen molar-refractivity contribution >= 4 is 0 Å². The number of rotatable bonds is 5. The van der Waals surface area contributed by atoms with Crippen LogP contribution in [0, 0.1) is 0 Å². The van der Waals surface area contributed by atoms with Crippen molar-refractivity contribution in [3.63, 3.8) is 0 Å². The Balaban J connectivity index is 2.24. The lowest BCUT2D eigenvalue weighted by atomic mass is 10.0. The lowest BCUT2D eigenvalue weighted by Crippen LogP contribution is -2.28. The topological polar surface area (TPSA) is 32.7 Å². The van der Waals surface area contributed by atoms with Gasteiger partial charge in [-0.2, -0.15) is 0 Å². The summed E-state index contributed by atoms with van der Waals surface area (Å²) in [5.41, 5.74) is 2.42. The Morgan fingerprint density at radius 1 is 1.33 bits per heavy atom. The maximum absolute atomic E-state index is 9.66. The fourth-order valence-corrected chi connectivity index (χ4v) is 2.77. The molecule has 1 aliphatic rings. The van der Waals surface area contributed by atoms with Crippen LogP contribution >= 0.6 is 0 Å². The van der Waals surface area contributed by atoms with Crippen LogP contribution in [0.4, 0.5) is 0 Å². The molecule has 0 radical (unpaired) electrons. The van der Waals surface area contributed by atoms with Crippen LogP contribution in [0.15, 0.2) is 18.2 Å². The first-order chi connectivity index (χ1) is 8.80. The largest absolute Gasteiger partial charge is 0.496 e. The zero-order chi connectivity index (χ0) is 13.0. The molecule has 1 heterocycles. The van der Waals surface area contributed by atoms with E-state index < -0.39 is 0 Å². The molecule has 0 aliphatic carbocycles. The molecule has 100 valence electrons. The molecule has 2 rings (SSSR count). The Hall–Kier alpha value is -1.06. The number of aliphatic hydroxyl groups excluding tert-OH is 1. The van der Waals surface area contributed by atoms with Crippen LogP contribution in [0.5, 0.6) is 5.75 Å². The zero-order valence-electron chi connectivity index (χ0n) is 11.4. The van der Waals surface area contributed by atoms with Crippen LogP contribution in [0.3, 0.4) is 0 Å². The third kappa shape index (κ3) is 2.68. The second-order valence-corrected chi connectivity index (χ2v) is 4.87. The maximum Gasteiger partial charge on any atom is 0.122 e. The molecule has 0 saturated carbocycles. The summed E-state index contributed by atoms with van der Waals surface area (Å²) in [5.74, 6) is 0.944. The van der Waals surface area contributed by atoms with Gasteiger partial charge in [0.15, 0.2) is 0 Å². The number of nitrogens with zero attached hydrogens (tertiary/aromatic N) is 1. The van der Waals surface area contributed by atoms with Gasteiger partial charge >= 0.3 is 0 Å². The summed E-state index contributed by atoms with van der Waals surface area (Å²) in [6.45, 7) is 4.51. The monoisotopic (exact) mass is 249 g/mol. The fraction of sp³-hybridized carbons (Fsp3) is 0.600. The van der Waals surface area contributed by atoms with Gasteiger partial charge in [-0.3, -0.25) is 4.90 Å². The summed E-state index contributed by atoms with van der Waals surface area (Å²) >= 11 is 0. The second-order valence-electron chi connectivity index (χ2n) is 4.87. The van der Waals surface area contributed by atoms with E-state index in [1.807, 2.05) is 6.07 Å². The molecular weight excluding hydrogens is 226 g/mol. The van der Waals surface area contributed by atoms with E-state index >= 15 is 0 Å². The zero-order valence-corrected chi connectivity index (χ0v) is 11.4. The number of likely N-dealkylation sites (tertiary alicyclic amines) is 1. The predicted octanol–water partition coefficient (Wildman–Crippen LogP) is 2.39. The lowest BCUT2D eigenvalue weighted by molar-refractivity contribution is 0.147. The van der Waals surface area contributed by atoms with Gasteiger partial charge < -0.3 is 9.84 Å². The molecule has 1 aromatic carbocycles. The number of aryl methyl sites for hydroxylation is 1. The molecule has 1 saturated heterocycles. The van der Waals surface area contributed by atoms with Crippen molar-refractivity contribution in [2.75, 3.05) is 26.8 Å². The Kier molecular flexibility index (Phi) is 4.61. The first-order valence-corrected chi connectivity index (χ1v) is 6.81. The van der Waals surface area contributed by atoms with E-state index in [2.05, 4.69) is 24.0 Å². The summed E-state index contributed by atoms with van der Waals surface area (Å²) in [4.78, 5) is 2.38. The Bertz CT molecular complexity index is 386. The van der Waals surface area contributed by atoms with Gasteiger partial charge in [0.05, 0.1) is 19.8 Å². The van der Waals surface area contributed by atoms with Crippen molar-refractivity contribution in [2.45, 2.75) is 32.2 Å². The Labute approximate surface area is 109 Å². The predicted molar refractivity (Wildman–Crippen MR) is 73.0 cm³/mol. The van der Waals surface area contributed by atoms with Gasteiger partial charge in [-0.15, -0.1) is 0 Å². The lowest BCUT2D eigenvalue weighted by Gasteiger charge is -2.26. The SMILES string of the molecule is CCc1cc(C(CO)N2CCCC2)ccc1OC. The van der Waals surface area contributed by atoms with Gasteiger partial charge in [-0.25, -0.2) is 0 Å². The van der Waals surface area contributed by atoms with Crippen molar-refractivity contribution in [1.82, 2.24) is 4.90 Å². The first-order valence-electron chi connectivity index (χ1n) is 6.81. The fourth-order valence-electron chi connectivity index (χ4n) is 2.77. The Morgan fingerprint density at radius 3 is 2.61 bits per heavy atom. The van der Waals surface area contributed by atoms with E-state index in [9.17, 15) is 5.11 Å². The average molecular weight is 249 g/mol. The maximum atomic E-state index is 9.66. The van der Waals surface area contributed by atoms with Gasteiger partial charge in [0.1, 0.15) is 5.75 Å². The van der Waals surface area contributed by atoms with E-state index in [0.29, 0.717) is 0 Å². The molecule has 1 aliphatic heterocycles. The van der Waals surface area contributed by atoms with Crippen LogP contribution < -0.4 is 4.74 Å². The van der Waals surface area contributed by atoms with E-state index in [4.69, 9.17) is 4.74 Å². The van der Waals surface area contributed by atoms with Crippen LogP contribution in [-0.2, 0) is 6.42 Å². The molecule has 1 unspecified atom stereocenters. The standard InChI is InChI=1S/C15H23NO2/c1-3-12-10-13(6-7-15(12)18-2)14(11-17)16-8-4-5-9-16/h6-7,10,14,17H,3-5,8-9,11H2,1-2H3. The molecular formula is C15H23NO2. The summed E-state index contributed by atoms with van der Waals surface area (Å²) < 4.78 is 5.35. The molecule has 1 fully saturated rings. The van der Waals surface area contributed by atoms with Crippen LogP contribution in [-0.4, -0.2) is 36.8 Å². The summed E-state index contributed by atoms with van der Waals surface area (Å²) in [6.07, 6.45) is 3.44.